The summed E-state index contributed by atoms with van der Waals surface area (Å²) in [6, 6.07) is 13.6. The van der Waals surface area contributed by atoms with Crippen LogP contribution in [-0.4, -0.2) is 45.5 Å². The number of non-ortho nitro benzene ring substituents is 1. The summed E-state index contributed by atoms with van der Waals surface area (Å²) in [6.07, 6.45) is 1.09. The lowest BCUT2D eigenvalue weighted by molar-refractivity contribution is -0.384. The Bertz CT molecular complexity index is 918. The summed E-state index contributed by atoms with van der Waals surface area (Å²) < 4.78 is 5.34. The Labute approximate surface area is 166 Å². The number of hydroxylamine groups is 2. The first-order valence-electron chi connectivity index (χ1n) is 9.26. The molecule has 2 bridgehead atoms. The maximum atomic E-state index is 12.7. The number of nitro groups is 1. The Morgan fingerprint density at radius 1 is 1.10 bits per heavy atom. The van der Waals surface area contributed by atoms with E-state index in [1.807, 2.05) is 30.3 Å². The first-order chi connectivity index (χ1) is 14.0. The standard InChI is InChI=1S/C20H19N3O6/c24-19(29-17-9-6-15(7-10-17)23(26)27)18-11-8-16-12-21(18)20(25)22(16)28-13-14-4-2-1-3-5-14/h1-7,9-10,16,18H,8,11-13H2/t16-,18+/m1/s1. The van der Waals surface area contributed by atoms with Gasteiger partial charge >= 0.3 is 12.0 Å². The minimum absolute atomic E-state index is 0.0914. The lowest BCUT2D eigenvalue weighted by atomic mass is 10.0. The van der Waals surface area contributed by atoms with E-state index in [4.69, 9.17) is 9.57 Å². The molecule has 0 unspecified atom stereocenters. The monoisotopic (exact) mass is 397 g/mol. The molecule has 9 heteroatoms. The van der Waals surface area contributed by atoms with Gasteiger partial charge in [0.25, 0.3) is 5.69 Å². The molecule has 29 heavy (non-hydrogen) atoms. The van der Waals surface area contributed by atoms with E-state index in [1.165, 1.54) is 34.2 Å². The Kier molecular flexibility index (Phi) is 5.13. The molecule has 2 aromatic rings. The highest BCUT2D eigenvalue weighted by Crippen LogP contribution is 2.31. The molecule has 0 N–H and O–H groups in total. The molecule has 0 aliphatic carbocycles. The van der Waals surface area contributed by atoms with Gasteiger partial charge in [-0.3, -0.25) is 15.0 Å². The number of nitrogens with zero attached hydrogens (tertiary/aromatic N) is 3. The average molecular weight is 397 g/mol. The van der Waals surface area contributed by atoms with Crippen molar-refractivity contribution in [3.8, 4) is 5.75 Å². The predicted molar refractivity (Wildman–Crippen MR) is 101 cm³/mol. The highest BCUT2D eigenvalue weighted by atomic mass is 16.7. The van der Waals surface area contributed by atoms with E-state index in [0.717, 1.165) is 5.56 Å². The van der Waals surface area contributed by atoms with Crippen LogP contribution < -0.4 is 4.74 Å². The number of hydrogen-bond donors (Lipinski definition) is 0. The number of rotatable bonds is 6. The second-order valence-corrected chi connectivity index (χ2v) is 6.94. The second-order valence-electron chi connectivity index (χ2n) is 6.94. The quantitative estimate of drug-likeness (QED) is 0.321. The molecule has 2 aliphatic heterocycles. The molecule has 0 radical (unpaired) electrons. The fourth-order valence-electron chi connectivity index (χ4n) is 3.58. The Morgan fingerprint density at radius 2 is 1.83 bits per heavy atom. The van der Waals surface area contributed by atoms with Crippen LogP contribution in [-0.2, 0) is 16.2 Å². The van der Waals surface area contributed by atoms with Crippen LogP contribution in [0.15, 0.2) is 54.6 Å². The topological polar surface area (TPSA) is 102 Å². The van der Waals surface area contributed by atoms with Gasteiger partial charge in [0, 0.05) is 18.7 Å². The van der Waals surface area contributed by atoms with Crippen LogP contribution in [0.3, 0.4) is 0 Å². The van der Waals surface area contributed by atoms with Crippen molar-refractivity contribution in [2.24, 2.45) is 0 Å². The van der Waals surface area contributed by atoms with Gasteiger partial charge in [-0.2, -0.15) is 5.06 Å². The molecule has 0 saturated carbocycles. The summed E-state index contributed by atoms with van der Waals surface area (Å²) in [7, 11) is 0. The number of hydrogen-bond acceptors (Lipinski definition) is 6. The van der Waals surface area contributed by atoms with E-state index >= 15 is 0 Å². The van der Waals surface area contributed by atoms with Crippen molar-refractivity contribution in [1.82, 2.24) is 9.96 Å². The van der Waals surface area contributed by atoms with Crippen molar-refractivity contribution in [2.45, 2.75) is 31.5 Å². The lowest BCUT2D eigenvalue weighted by Gasteiger charge is -2.28. The van der Waals surface area contributed by atoms with Crippen molar-refractivity contribution in [3.63, 3.8) is 0 Å². The van der Waals surface area contributed by atoms with E-state index < -0.39 is 16.9 Å². The van der Waals surface area contributed by atoms with E-state index in [0.29, 0.717) is 19.4 Å². The third kappa shape index (κ3) is 3.90. The summed E-state index contributed by atoms with van der Waals surface area (Å²) in [6.45, 7) is 0.669. The van der Waals surface area contributed by atoms with Crippen LogP contribution in [0.5, 0.6) is 5.75 Å². The average Bonchev–Trinajstić information content (AvgIpc) is 2.97. The van der Waals surface area contributed by atoms with Gasteiger partial charge in [-0.05, 0) is 30.5 Å². The number of ether oxygens (including phenoxy) is 1. The molecule has 2 heterocycles. The van der Waals surface area contributed by atoms with Crippen LogP contribution in [0.25, 0.3) is 0 Å². The number of carbonyl (C=O) groups excluding carboxylic acids is 2. The van der Waals surface area contributed by atoms with Gasteiger partial charge in [-0.15, -0.1) is 0 Å². The maximum absolute atomic E-state index is 12.7. The Balaban J connectivity index is 1.38. The minimum Gasteiger partial charge on any atom is -0.425 e. The van der Waals surface area contributed by atoms with Crippen LogP contribution >= 0.6 is 0 Å². The van der Waals surface area contributed by atoms with Crippen molar-refractivity contribution in [3.05, 3.63) is 70.3 Å². The minimum atomic E-state index is -0.709. The van der Waals surface area contributed by atoms with Gasteiger partial charge in [-0.25, -0.2) is 9.59 Å². The van der Waals surface area contributed by atoms with Gasteiger partial charge in [-0.1, -0.05) is 30.3 Å². The maximum Gasteiger partial charge on any atom is 0.345 e. The van der Waals surface area contributed by atoms with Crippen molar-refractivity contribution in [1.29, 1.82) is 0 Å². The molecule has 150 valence electrons. The molecule has 4 rings (SSSR count). The zero-order valence-corrected chi connectivity index (χ0v) is 15.5. The zero-order chi connectivity index (χ0) is 20.4. The molecular formula is C20H19N3O6. The summed E-state index contributed by atoms with van der Waals surface area (Å²) in [4.78, 5) is 42.7. The summed E-state index contributed by atoms with van der Waals surface area (Å²) in [5.41, 5.74) is 0.858. The van der Waals surface area contributed by atoms with Crippen LogP contribution in [0.1, 0.15) is 18.4 Å². The highest BCUT2D eigenvalue weighted by Gasteiger charge is 2.48. The number of esters is 1. The third-order valence-corrected chi connectivity index (χ3v) is 5.07. The summed E-state index contributed by atoms with van der Waals surface area (Å²) in [5, 5.41) is 12.1. The Hall–Kier alpha value is -3.46. The van der Waals surface area contributed by atoms with E-state index in [1.54, 1.807) is 0 Å². The van der Waals surface area contributed by atoms with Crippen LogP contribution in [0.2, 0.25) is 0 Å². The van der Waals surface area contributed by atoms with E-state index in [-0.39, 0.29) is 30.1 Å². The molecular weight excluding hydrogens is 378 g/mol. The number of carbonyl (C=O) groups is 2. The fraction of sp³-hybridized carbons (Fsp3) is 0.300. The number of urea groups is 1. The smallest absolute Gasteiger partial charge is 0.345 e. The summed E-state index contributed by atoms with van der Waals surface area (Å²) in [5.74, 6) is -0.359. The largest absolute Gasteiger partial charge is 0.425 e. The van der Waals surface area contributed by atoms with E-state index in [2.05, 4.69) is 0 Å². The molecule has 2 aromatic carbocycles. The first-order valence-corrected chi connectivity index (χ1v) is 9.26. The van der Waals surface area contributed by atoms with Crippen molar-refractivity contribution >= 4 is 17.7 Å². The number of amides is 2. The third-order valence-electron chi connectivity index (χ3n) is 5.07. The molecule has 0 aromatic heterocycles. The van der Waals surface area contributed by atoms with Crippen LogP contribution in [0, 0.1) is 10.1 Å². The lowest BCUT2D eigenvalue weighted by Crippen LogP contribution is -2.46. The van der Waals surface area contributed by atoms with Crippen LogP contribution in [0.4, 0.5) is 10.5 Å². The molecule has 2 fully saturated rings. The van der Waals surface area contributed by atoms with Gasteiger partial charge in [0.2, 0.25) is 0 Å². The fourth-order valence-corrected chi connectivity index (χ4v) is 3.58. The van der Waals surface area contributed by atoms with Gasteiger partial charge < -0.3 is 9.64 Å². The number of fused-ring (bicyclic) bond motifs is 2. The zero-order valence-electron chi connectivity index (χ0n) is 15.5. The number of benzene rings is 2. The molecule has 2 aliphatic rings. The van der Waals surface area contributed by atoms with Crippen molar-refractivity contribution < 1.29 is 24.1 Å². The number of piperidine rings is 1. The van der Waals surface area contributed by atoms with Gasteiger partial charge in [0.05, 0.1) is 11.0 Å². The van der Waals surface area contributed by atoms with Gasteiger partial charge in [0.1, 0.15) is 18.4 Å². The van der Waals surface area contributed by atoms with Crippen molar-refractivity contribution in [2.75, 3.05) is 6.54 Å². The SMILES string of the molecule is O=C(Oc1ccc([N+](=O)[O-])cc1)[C@@H]1CC[C@@H]2CN1C(=O)N2OCc1ccccc1. The van der Waals surface area contributed by atoms with E-state index in [9.17, 15) is 19.7 Å². The molecule has 0 spiro atoms. The molecule has 2 saturated heterocycles. The van der Waals surface area contributed by atoms with Gasteiger partial charge in [0.15, 0.2) is 0 Å². The predicted octanol–water partition coefficient (Wildman–Crippen LogP) is 2.90. The molecule has 2 amide bonds. The molecule has 9 nitrogen and oxygen atoms in total. The second kappa shape index (κ2) is 7.88. The first kappa shape index (κ1) is 18.9. The molecule has 2 atom stereocenters. The normalized spacial score (nSPS) is 20.6. The Morgan fingerprint density at radius 3 is 2.52 bits per heavy atom. The summed E-state index contributed by atoms with van der Waals surface area (Å²) >= 11 is 0. The highest BCUT2D eigenvalue weighted by molar-refractivity contribution is 5.86. The number of nitro benzene ring substituents is 1.